The number of carbonyl (C=O) groups is 2. The molecule has 1 aromatic rings. The highest BCUT2D eigenvalue weighted by molar-refractivity contribution is 5.94. The van der Waals surface area contributed by atoms with Gasteiger partial charge in [0.05, 0.1) is 0 Å². The Morgan fingerprint density at radius 2 is 1.31 bits per heavy atom. The maximum atomic E-state index is 11.7. The van der Waals surface area contributed by atoms with Crippen molar-refractivity contribution in [3.63, 3.8) is 0 Å². The standard InChI is InChI=1S/C10H11NO5/c1-4-6(9(13)14)8(12)7(10(15)16)5(2)11(4)3/h1-3H3,(H,13,14)(H,15,16). The first-order valence-electron chi connectivity index (χ1n) is 4.45. The van der Waals surface area contributed by atoms with Crippen molar-refractivity contribution in [2.75, 3.05) is 0 Å². The lowest BCUT2D eigenvalue weighted by Gasteiger charge is -2.13. The number of pyridine rings is 1. The minimum Gasteiger partial charge on any atom is -0.477 e. The van der Waals surface area contributed by atoms with Gasteiger partial charge >= 0.3 is 11.9 Å². The Bertz CT molecular complexity index is 497. The zero-order valence-corrected chi connectivity index (χ0v) is 9.07. The van der Waals surface area contributed by atoms with Crippen molar-refractivity contribution in [1.29, 1.82) is 0 Å². The molecule has 1 heterocycles. The summed E-state index contributed by atoms with van der Waals surface area (Å²) >= 11 is 0. The van der Waals surface area contributed by atoms with Crippen LogP contribution in [0, 0.1) is 13.8 Å². The van der Waals surface area contributed by atoms with Crippen molar-refractivity contribution in [2.45, 2.75) is 13.8 Å². The van der Waals surface area contributed by atoms with Gasteiger partial charge in [-0.05, 0) is 13.8 Å². The van der Waals surface area contributed by atoms with Crippen LogP contribution in [0.3, 0.4) is 0 Å². The van der Waals surface area contributed by atoms with Crippen molar-refractivity contribution in [2.24, 2.45) is 7.05 Å². The summed E-state index contributed by atoms with van der Waals surface area (Å²) in [4.78, 5) is 33.4. The number of carboxylic acid groups (broad SMARTS) is 2. The fraction of sp³-hybridized carbons (Fsp3) is 0.300. The van der Waals surface area contributed by atoms with Gasteiger partial charge in [0.2, 0.25) is 5.43 Å². The summed E-state index contributed by atoms with van der Waals surface area (Å²) in [5, 5.41) is 17.7. The molecular formula is C10H11NO5. The highest BCUT2D eigenvalue weighted by atomic mass is 16.4. The fourth-order valence-electron chi connectivity index (χ4n) is 1.54. The number of aromatic carboxylic acids is 2. The Balaban J connectivity index is 3.88. The van der Waals surface area contributed by atoms with Crippen LogP contribution in [0.25, 0.3) is 0 Å². The molecule has 0 bridgehead atoms. The van der Waals surface area contributed by atoms with Gasteiger partial charge in [-0.1, -0.05) is 0 Å². The van der Waals surface area contributed by atoms with Crippen LogP contribution in [-0.2, 0) is 7.05 Å². The number of rotatable bonds is 2. The smallest absolute Gasteiger partial charge is 0.341 e. The topological polar surface area (TPSA) is 96.6 Å². The second-order valence-electron chi connectivity index (χ2n) is 3.42. The van der Waals surface area contributed by atoms with Crippen LogP contribution in [0.5, 0.6) is 0 Å². The molecule has 0 saturated heterocycles. The molecule has 0 aliphatic heterocycles. The van der Waals surface area contributed by atoms with Crippen LogP contribution in [0.4, 0.5) is 0 Å². The maximum absolute atomic E-state index is 11.7. The van der Waals surface area contributed by atoms with E-state index in [2.05, 4.69) is 0 Å². The molecule has 0 atom stereocenters. The number of hydrogen-bond donors (Lipinski definition) is 2. The SMILES string of the molecule is Cc1c(C(=O)O)c(=O)c(C(=O)O)c(C)n1C. The van der Waals surface area contributed by atoms with Crippen LogP contribution in [0.1, 0.15) is 32.1 Å². The molecule has 1 aromatic heterocycles. The molecule has 0 spiro atoms. The largest absolute Gasteiger partial charge is 0.477 e. The van der Waals surface area contributed by atoms with Crippen LogP contribution in [-0.4, -0.2) is 26.7 Å². The van der Waals surface area contributed by atoms with E-state index in [-0.39, 0.29) is 11.4 Å². The second kappa shape index (κ2) is 3.80. The summed E-state index contributed by atoms with van der Waals surface area (Å²) in [5.41, 5.74) is -1.47. The van der Waals surface area contributed by atoms with E-state index in [0.29, 0.717) is 0 Å². The molecule has 0 radical (unpaired) electrons. The second-order valence-corrected chi connectivity index (χ2v) is 3.42. The van der Waals surface area contributed by atoms with E-state index in [1.54, 1.807) is 0 Å². The van der Waals surface area contributed by atoms with E-state index in [0.717, 1.165) is 0 Å². The maximum Gasteiger partial charge on any atom is 0.341 e. The molecule has 2 N–H and O–H groups in total. The van der Waals surface area contributed by atoms with E-state index < -0.39 is 28.5 Å². The van der Waals surface area contributed by atoms with Crippen LogP contribution >= 0.6 is 0 Å². The number of hydrogen-bond acceptors (Lipinski definition) is 3. The predicted octanol–water partition coefficient (Wildman–Crippen LogP) is 0.399. The van der Waals surface area contributed by atoms with Crippen LogP contribution in [0.2, 0.25) is 0 Å². The van der Waals surface area contributed by atoms with E-state index in [1.807, 2.05) is 0 Å². The van der Waals surface area contributed by atoms with Gasteiger partial charge in [0, 0.05) is 18.4 Å². The minimum absolute atomic E-state index is 0.236. The van der Waals surface area contributed by atoms with Gasteiger partial charge in [-0.15, -0.1) is 0 Å². The lowest BCUT2D eigenvalue weighted by atomic mass is 10.1. The summed E-state index contributed by atoms with van der Waals surface area (Å²) in [6, 6.07) is 0. The molecule has 6 heteroatoms. The summed E-state index contributed by atoms with van der Waals surface area (Å²) < 4.78 is 1.38. The lowest BCUT2D eigenvalue weighted by Crippen LogP contribution is -2.29. The predicted molar refractivity (Wildman–Crippen MR) is 55.1 cm³/mol. The molecule has 0 saturated carbocycles. The van der Waals surface area contributed by atoms with Crippen molar-refractivity contribution >= 4 is 11.9 Å². The average Bonchev–Trinajstić information content (AvgIpc) is 2.13. The Kier molecular flexibility index (Phi) is 2.84. The first-order chi connectivity index (χ1) is 7.29. The quantitative estimate of drug-likeness (QED) is 0.759. The molecule has 86 valence electrons. The molecule has 0 aliphatic rings. The lowest BCUT2D eigenvalue weighted by molar-refractivity contribution is 0.0692. The third kappa shape index (κ3) is 1.58. The summed E-state index contributed by atoms with van der Waals surface area (Å²) in [6.45, 7) is 2.92. The molecule has 0 unspecified atom stereocenters. The Morgan fingerprint density at radius 3 is 1.56 bits per heavy atom. The molecule has 16 heavy (non-hydrogen) atoms. The zero-order chi connectivity index (χ0) is 12.6. The van der Waals surface area contributed by atoms with Gasteiger partial charge in [-0.3, -0.25) is 4.79 Å². The van der Waals surface area contributed by atoms with Gasteiger partial charge in [0.15, 0.2) is 0 Å². The third-order valence-corrected chi connectivity index (χ3v) is 2.61. The van der Waals surface area contributed by atoms with E-state index in [4.69, 9.17) is 10.2 Å². The van der Waals surface area contributed by atoms with E-state index >= 15 is 0 Å². The van der Waals surface area contributed by atoms with Gasteiger partial charge in [0.25, 0.3) is 0 Å². The molecule has 0 aromatic carbocycles. The Morgan fingerprint density at radius 1 is 1.00 bits per heavy atom. The first kappa shape index (κ1) is 12.0. The molecule has 1 rings (SSSR count). The van der Waals surface area contributed by atoms with Gasteiger partial charge in [-0.25, -0.2) is 9.59 Å². The van der Waals surface area contributed by atoms with Crippen LogP contribution < -0.4 is 5.43 Å². The van der Waals surface area contributed by atoms with E-state index in [9.17, 15) is 14.4 Å². The molecule has 0 aliphatic carbocycles. The summed E-state index contributed by atoms with van der Waals surface area (Å²) in [5.74, 6) is -2.83. The molecule has 6 nitrogen and oxygen atoms in total. The monoisotopic (exact) mass is 225 g/mol. The van der Waals surface area contributed by atoms with Crippen LogP contribution in [0.15, 0.2) is 4.79 Å². The Labute approximate surface area is 90.8 Å². The number of carboxylic acids is 2. The summed E-state index contributed by atoms with van der Waals surface area (Å²) in [6.07, 6.45) is 0. The van der Waals surface area contributed by atoms with Gasteiger partial charge < -0.3 is 14.8 Å². The number of nitrogens with zero attached hydrogens (tertiary/aromatic N) is 1. The highest BCUT2D eigenvalue weighted by Crippen LogP contribution is 2.10. The highest BCUT2D eigenvalue weighted by Gasteiger charge is 2.23. The number of aromatic nitrogens is 1. The fourth-order valence-corrected chi connectivity index (χ4v) is 1.54. The van der Waals surface area contributed by atoms with Crippen molar-refractivity contribution < 1.29 is 19.8 Å². The van der Waals surface area contributed by atoms with Gasteiger partial charge in [-0.2, -0.15) is 0 Å². The first-order valence-corrected chi connectivity index (χ1v) is 4.45. The zero-order valence-electron chi connectivity index (χ0n) is 9.07. The normalized spacial score (nSPS) is 10.2. The van der Waals surface area contributed by atoms with Crippen molar-refractivity contribution in [3.8, 4) is 0 Å². The molecule has 0 fully saturated rings. The average molecular weight is 225 g/mol. The minimum atomic E-state index is -1.42. The molecule has 0 amide bonds. The summed E-state index contributed by atoms with van der Waals surface area (Å²) in [7, 11) is 1.52. The third-order valence-electron chi connectivity index (χ3n) is 2.61. The molecular weight excluding hydrogens is 214 g/mol. The Hall–Kier alpha value is -2.11. The van der Waals surface area contributed by atoms with Gasteiger partial charge in [0.1, 0.15) is 11.1 Å². The van der Waals surface area contributed by atoms with Crippen molar-refractivity contribution in [3.05, 3.63) is 32.7 Å². The van der Waals surface area contributed by atoms with Crippen molar-refractivity contribution in [1.82, 2.24) is 4.57 Å². The van der Waals surface area contributed by atoms with E-state index in [1.165, 1.54) is 25.5 Å².